The maximum Gasteiger partial charge on any atom is -0.171 e. The number of halogens is 2. The number of hydrogen-bond acceptors (Lipinski definition) is 0. The Labute approximate surface area is 279 Å². The molecular formula is C38H49Cl2Zr-3. The summed E-state index contributed by atoms with van der Waals surface area (Å²) in [5.74, 6) is 0.522. The van der Waals surface area contributed by atoms with Gasteiger partial charge in [0.15, 0.2) is 0 Å². The van der Waals surface area contributed by atoms with Crippen LogP contribution in [0, 0.1) is 29.5 Å². The smallest absolute Gasteiger partial charge is 0.171 e. The van der Waals surface area contributed by atoms with Gasteiger partial charge in [0, 0.05) is 0 Å². The number of rotatable bonds is 0. The van der Waals surface area contributed by atoms with Crippen LogP contribution in [0.1, 0.15) is 91.5 Å². The molecule has 0 N–H and O–H groups in total. The topological polar surface area (TPSA) is 0 Å². The van der Waals surface area contributed by atoms with Crippen LogP contribution in [0.3, 0.4) is 0 Å². The molecule has 0 radical (unpaired) electrons. The van der Waals surface area contributed by atoms with E-state index in [9.17, 15) is 0 Å². The Balaban J connectivity index is 0.000000668. The SMILES string of the molecule is CC(C)(C)c1[c-]c2c(cc1)-c1ccc(C(C)(C)C)cc1C2.CC1[C-]=CC(C(C)(C)C)=C1.Cl.Cl.[CH2]=[Zr].[c-]1ccccc1. The third kappa shape index (κ3) is 11.9. The van der Waals surface area contributed by atoms with Crippen LogP contribution in [-0.4, -0.2) is 4.21 Å². The Morgan fingerprint density at radius 1 is 0.756 bits per heavy atom. The Bertz CT molecular complexity index is 1180. The van der Waals surface area contributed by atoms with Crippen molar-refractivity contribution in [3.8, 4) is 11.1 Å². The molecule has 3 heteroatoms. The zero-order chi connectivity index (χ0) is 29.4. The summed E-state index contributed by atoms with van der Waals surface area (Å²) in [6.45, 7) is 22.5. The second-order valence-electron chi connectivity index (χ2n) is 13.4. The Kier molecular flexibility index (Phi) is 16.3. The van der Waals surface area contributed by atoms with Gasteiger partial charge in [0.05, 0.1) is 0 Å². The van der Waals surface area contributed by atoms with E-state index in [0.717, 1.165) is 6.42 Å². The van der Waals surface area contributed by atoms with Gasteiger partial charge in [-0.2, -0.15) is 71.8 Å². The van der Waals surface area contributed by atoms with E-state index in [1.165, 1.54) is 63.2 Å². The van der Waals surface area contributed by atoms with Gasteiger partial charge in [0.1, 0.15) is 0 Å². The van der Waals surface area contributed by atoms with Crippen LogP contribution in [0.25, 0.3) is 11.1 Å². The molecule has 0 aromatic heterocycles. The zero-order valence-corrected chi connectivity index (χ0v) is 30.8. The Morgan fingerprint density at radius 2 is 1.34 bits per heavy atom. The van der Waals surface area contributed by atoms with Crippen molar-refractivity contribution < 1.29 is 24.2 Å². The molecule has 0 aliphatic heterocycles. The molecule has 3 aromatic carbocycles. The van der Waals surface area contributed by atoms with Crippen LogP contribution in [0.15, 0.2) is 78.4 Å². The van der Waals surface area contributed by atoms with E-state index < -0.39 is 0 Å². The average molecular weight is 668 g/mol. The molecule has 1 unspecified atom stereocenters. The number of benzene rings is 3. The molecule has 3 aromatic rings. The molecule has 0 amide bonds. The Hall–Kier alpha value is -1.53. The van der Waals surface area contributed by atoms with E-state index in [0.29, 0.717) is 11.3 Å². The van der Waals surface area contributed by atoms with E-state index in [-0.39, 0.29) is 35.6 Å². The summed E-state index contributed by atoms with van der Waals surface area (Å²) in [5, 5.41) is 0. The van der Waals surface area contributed by atoms with Gasteiger partial charge in [0.25, 0.3) is 0 Å². The molecule has 222 valence electrons. The van der Waals surface area contributed by atoms with Gasteiger partial charge >= 0.3 is 28.4 Å². The van der Waals surface area contributed by atoms with Gasteiger partial charge in [-0.1, -0.05) is 104 Å². The fraction of sp³-hybridized carbons (Fsp3) is 0.395. The van der Waals surface area contributed by atoms with Crippen molar-refractivity contribution in [1.29, 1.82) is 0 Å². The first kappa shape index (κ1) is 39.5. The van der Waals surface area contributed by atoms with E-state index in [1.807, 2.05) is 30.3 Å². The summed E-state index contributed by atoms with van der Waals surface area (Å²) in [6, 6.07) is 27.7. The summed E-state index contributed by atoms with van der Waals surface area (Å²) < 4.78 is 3.34. The van der Waals surface area contributed by atoms with Gasteiger partial charge in [-0.3, -0.25) is 6.08 Å². The molecule has 0 nitrogen and oxygen atoms in total. The van der Waals surface area contributed by atoms with E-state index in [2.05, 4.69) is 134 Å². The number of allylic oxidation sites excluding steroid dienone is 4. The Morgan fingerprint density at radius 3 is 1.73 bits per heavy atom. The fourth-order valence-corrected chi connectivity index (χ4v) is 4.42. The summed E-state index contributed by atoms with van der Waals surface area (Å²) in [7, 11) is 0. The van der Waals surface area contributed by atoms with Gasteiger partial charge in [-0.15, -0.1) is 35.9 Å². The summed E-state index contributed by atoms with van der Waals surface area (Å²) in [4.78, 5) is 0. The van der Waals surface area contributed by atoms with E-state index >= 15 is 0 Å². The molecule has 41 heavy (non-hydrogen) atoms. The van der Waals surface area contributed by atoms with Gasteiger partial charge in [-0.25, -0.2) is 6.08 Å². The first-order valence-corrected chi connectivity index (χ1v) is 15.7. The van der Waals surface area contributed by atoms with Crippen molar-refractivity contribution in [3.63, 3.8) is 0 Å². The molecule has 0 saturated heterocycles. The van der Waals surface area contributed by atoms with E-state index in [1.54, 1.807) is 0 Å². The second-order valence-corrected chi connectivity index (χ2v) is 13.4. The minimum Gasteiger partial charge on any atom is -0.184 e. The zero-order valence-electron chi connectivity index (χ0n) is 26.7. The molecule has 0 fully saturated rings. The molecule has 5 rings (SSSR count). The number of hydrogen-bond donors (Lipinski definition) is 0. The molecule has 0 saturated carbocycles. The fourth-order valence-electron chi connectivity index (χ4n) is 4.42. The normalized spacial score (nSPS) is 14.6. The maximum atomic E-state index is 3.67. The average Bonchev–Trinajstić information content (AvgIpc) is 3.49. The maximum absolute atomic E-state index is 3.67. The van der Waals surface area contributed by atoms with Gasteiger partial charge in [0.2, 0.25) is 0 Å². The van der Waals surface area contributed by atoms with Crippen molar-refractivity contribution in [3.05, 3.63) is 119 Å². The number of fused-ring (bicyclic) bond motifs is 3. The quantitative estimate of drug-likeness (QED) is 0.164. The first-order chi connectivity index (χ1) is 18.2. The van der Waals surface area contributed by atoms with Crippen molar-refractivity contribution in [2.24, 2.45) is 11.3 Å². The van der Waals surface area contributed by atoms with Crippen LogP contribution >= 0.6 is 24.8 Å². The second kappa shape index (κ2) is 16.9. The molecule has 0 bridgehead atoms. The van der Waals surface area contributed by atoms with Crippen molar-refractivity contribution in [1.82, 2.24) is 0 Å². The molecule has 0 spiro atoms. The monoisotopic (exact) mass is 665 g/mol. The predicted molar refractivity (Wildman–Crippen MR) is 182 cm³/mol. The van der Waals surface area contributed by atoms with Crippen LogP contribution in [0.4, 0.5) is 0 Å². The van der Waals surface area contributed by atoms with Crippen LogP contribution in [-0.2, 0) is 41.5 Å². The summed E-state index contributed by atoms with van der Waals surface area (Å²) >= 11 is 1.30. The van der Waals surface area contributed by atoms with E-state index in [4.69, 9.17) is 0 Å². The van der Waals surface area contributed by atoms with Crippen molar-refractivity contribution >= 4 is 29.0 Å². The first-order valence-electron chi connectivity index (χ1n) is 13.9. The molecular weight excluding hydrogens is 619 g/mol. The van der Waals surface area contributed by atoms with Crippen molar-refractivity contribution in [2.75, 3.05) is 0 Å². The predicted octanol–water partition coefficient (Wildman–Crippen LogP) is 10.9. The largest absolute Gasteiger partial charge is 0.184 e. The molecule has 2 aliphatic rings. The van der Waals surface area contributed by atoms with Gasteiger partial charge in [-0.05, 0) is 28.4 Å². The van der Waals surface area contributed by atoms with Crippen LogP contribution < -0.4 is 0 Å². The molecule has 2 aliphatic carbocycles. The molecule has 0 heterocycles. The third-order valence-electron chi connectivity index (χ3n) is 6.87. The van der Waals surface area contributed by atoms with Crippen molar-refractivity contribution in [2.45, 2.75) is 86.5 Å². The third-order valence-corrected chi connectivity index (χ3v) is 6.87. The summed E-state index contributed by atoms with van der Waals surface area (Å²) in [5.41, 5.74) is 10.4. The van der Waals surface area contributed by atoms with Crippen LogP contribution in [0.5, 0.6) is 0 Å². The summed E-state index contributed by atoms with van der Waals surface area (Å²) in [6.07, 6.45) is 8.68. The minimum absolute atomic E-state index is 0. The standard InChI is InChI=1S/C21H25.C10H15.C6H5.CH2.2ClH.Zr/c1-20(2,3)16-7-9-18-14(12-16)11-15-13-17(21(4,5)6)8-10-19(15)18;1-8-5-6-9(7-8)10(2,3)4;1-2-4-6-5-3-1;;;;/h7-10,12H,11H2,1-6H3;6-8H,1-4H3;1-5H;1H2;2*1H;/q3*-1;;;;. The van der Waals surface area contributed by atoms with Gasteiger partial charge < -0.3 is 0 Å². The minimum atomic E-state index is 0. The van der Waals surface area contributed by atoms with Crippen LogP contribution in [0.2, 0.25) is 0 Å². The molecule has 1 atom stereocenters.